The lowest BCUT2D eigenvalue weighted by molar-refractivity contribution is -0.387. The van der Waals surface area contributed by atoms with Gasteiger partial charge in [-0.1, -0.05) is 0 Å². The number of hydrogen-bond donors (Lipinski definition) is 22. The Bertz CT molecular complexity index is 2170. The standard InChI is InChI=1S/C48H81N3O35/c1-11-24(59)32(67)35(70)45(76-11)74-10-20-39(30(65)21(42(73)77-20)49-12(2)56)83-44-23(51-14(4)58)31(66)38(18(8-55)81-44)84-47-37(72)40(85-46-36(71)33(68)26(61)16(6-53)79-46)28(63)19(82-47)9-75-48-41(34(69)27(62)17(7-54)80-48)86-43-22(50-13(3)57)29(64)25(60)15(5-52)78-43/h11,15-48,52-55,59-73H,5-10H2,1-4H3,(H,49,56)(H,50,57)(H,51,58)/t11-,15+,16+,17+,18+,19+,20+,21+,22+,23+,24+,25+,26+,27+,28+,29+,30+,31+,32+,33-,34-,35-,36-,37-,38+,39+,40-,41-,42+,43-,44-,45+,46+,47-,48-/m0/s1. The van der Waals surface area contributed by atoms with Gasteiger partial charge in [0.15, 0.2) is 44.0 Å². The number of nitrogens with one attached hydrogen (secondary N) is 3. The van der Waals surface area contributed by atoms with Gasteiger partial charge in [0.05, 0.1) is 45.7 Å². The summed E-state index contributed by atoms with van der Waals surface area (Å²) in [4.78, 5) is 37.3. The summed E-state index contributed by atoms with van der Waals surface area (Å²) in [6.45, 7) is -1.39. The highest BCUT2D eigenvalue weighted by Crippen LogP contribution is 2.37. The van der Waals surface area contributed by atoms with Crippen LogP contribution in [0, 0.1) is 0 Å². The summed E-state index contributed by atoms with van der Waals surface area (Å²) in [6, 6.07) is -5.16. The first-order valence-corrected chi connectivity index (χ1v) is 27.5. The minimum atomic E-state index is -2.34. The van der Waals surface area contributed by atoms with Crippen LogP contribution in [-0.4, -0.2) is 369 Å². The Labute approximate surface area is 488 Å². The average molecular weight is 1260 g/mol. The van der Waals surface area contributed by atoms with Crippen molar-refractivity contribution in [3.63, 3.8) is 0 Å². The Morgan fingerprint density at radius 2 is 0.709 bits per heavy atom. The Hall–Kier alpha value is -2.87. The summed E-state index contributed by atoms with van der Waals surface area (Å²) < 4.78 is 75.7. The van der Waals surface area contributed by atoms with Gasteiger partial charge in [-0.3, -0.25) is 14.4 Å². The average Bonchev–Trinajstić information content (AvgIpc) is 1.32. The van der Waals surface area contributed by atoms with Crippen LogP contribution < -0.4 is 16.0 Å². The third-order valence-corrected chi connectivity index (χ3v) is 15.7. The minimum Gasteiger partial charge on any atom is -0.394 e. The number of amides is 3. The van der Waals surface area contributed by atoms with E-state index in [2.05, 4.69) is 16.0 Å². The van der Waals surface area contributed by atoms with E-state index < -0.39 is 272 Å². The topological polar surface area (TPSA) is 592 Å². The van der Waals surface area contributed by atoms with E-state index in [0.29, 0.717) is 0 Å². The maximum Gasteiger partial charge on any atom is 0.217 e. The van der Waals surface area contributed by atoms with Gasteiger partial charge in [0, 0.05) is 20.8 Å². The van der Waals surface area contributed by atoms with Crippen molar-refractivity contribution < 1.29 is 173 Å². The molecule has 7 fully saturated rings. The highest BCUT2D eigenvalue weighted by Gasteiger charge is 2.58. The van der Waals surface area contributed by atoms with Crippen LogP contribution in [0.5, 0.6) is 0 Å². The normalized spacial score (nSPS) is 49.4. The Morgan fingerprint density at radius 1 is 0.326 bits per heavy atom. The molecule has 22 N–H and O–H groups in total. The molecular weight excluding hydrogens is 1180 g/mol. The van der Waals surface area contributed by atoms with E-state index in [1.807, 2.05) is 0 Å². The van der Waals surface area contributed by atoms with Gasteiger partial charge in [-0.2, -0.15) is 0 Å². The van der Waals surface area contributed by atoms with Gasteiger partial charge >= 0.3 is 0 Å². The number of carbonyl (C=O) groups excluding carboxylic acids is 3. The van der Waals surface area contributed by atoms with Crippen molar-refractivity contribution in [1.29, 1.82) is 0 Å². The van der Waals surface area contributed by atoms with E-state index in [4.69, 9.17) is 61.6 Å². The lowest BCUT2D eigenvalue weighted by Gasteiger charge is -2.50. The first-order chi connectivity index (χ1) is 40.6. The Kier molecular flexibility index (Phi) is 25.0. The smallest absolute Gasteiger partial charge is 0.217 e. The second kappa shape index (κ2) is 30.5. The summed E-state index contributed by atoms with van der Waals surface area (Å²) in [7, 11) is 0. The Balaban J connectivity index is 1.17. The molecule has 7 aliphatic rings. The Morgan fingerprint density at radius 3 is 1.28 bits per heavy atom. The molecule has 7 heterocycles. The SMILES string of the molecule is CC(=O)N[C@@H]1[C@@H](O)[C@H](O[C@@H]2O[C@H](CO)[C@@H](O[C@@H]3O[C@H](CO[C@H]4O[C@H](CO)[C@@H](O)[C@H](O)[C@@H]4O[C@@H]4O[C@H](CO)[C@@H](O)[C@H](O)[C@H]4NC(C)=O)[C@@H](O)[C@H](O[C@H]4O[C@H](CO)[C@@H](O)[C@H](O)[C@@H]4O)[C@@H]3O)[C@H](O)[C@H]2NC(C)=O)[C@@H](CO[C@@H]2O[C@@H](C)[C@@H](O)[C@@H](O)[C@@H]2O)O[C@H]1O. The largest absolute Gasteiger partial charge is 0.394 e. The van der Waals surface area contributed by atoms with E-state index in [1.54, 1.807) is 0 Å². The fourth-order valence-electron chi connectivity index (χ4n) is 10.9. The van der Waals surface area contributed by atoms with E-state index in [-0.39, 0.29) is 0 Å². The van der Waals surface area contributed by atoms with Gasteiger partial charge < -0.3 is 175 Å². The van der Waals surface area contributed by atoms with E-state index in [9.17, 15) is 111 Å². The summed E-state index contributed by atoms with van der Waals surface area (Å²) >= 11 is 0. The molecule has 0 saturated carbocycles. The van der Waals surface area contributed by atoms with Crippen LogP contribution in [0.3, 0.4) is 0 Å². The van der Waals surface area contributed by atoms with Crippen molar-refractivity contribution in [2.24, 2.45) is 0 Å². The first kappa shape index (κ1) is 70.6. The van der Waals surface area contributed by atoms with Crippen LogP contribution in [0.4, 0.5) is 0 Å². The molecule has 498 valence electrons. The van der Waals surface area contributed by atoms with Crippen LogP contribution >= 0.6 is 0 Å². The number of rotatable bonds is 21. The third-order valence-electron chi connectivity index (χ3n) is 15.7. The predicted octanol–water partition coefficient (Wildman–Crippen LogP) is -14.8. The quantitative estimate of drug-likeness (QED) is 0.0507. The maximum absolute atomic E-state index is 12.9. The molecule has 38 heteroatoms. The minimum absolute atomic E-state index is 0.766. The molecular formula is C48H81N3O35. The summed E-state index contributed by atoms with van der Waals surface area (Å²) in [6.07, 6.45) is -61.1. The molecule has 0 aromatic carbocycles. The van der Waals surface area contributed by atoms with Crippen molar-refractivity contribution in [1.82, 2.24) is 16.0 Å². The zero-order valence-electron chi connectivity index (χ0n) is 46.5. The lowest BCUT2D eigenvalue weighted by atomic mass is 9.93. The van der Waals surface area contributed by atoms with Crippen LogP contribution in [0.2, 0.25) is 0 Å². The van der Waals surface area contributed by atoms with Crippen molar-refractivity contribution in [3.8, 4) is 0 Å². The van der Waals surface area contributed by atoms with Crippen molar-refractivity contribution in [2.75, 3.05) is 39.6 Å². The molecule has 0 bridgehead atoms. The van der Waals surface area contributed by atoms with Gasteiger partial charge in [-0.15, -0.1) is 0 Å². The molecule has 35 atom stereocenters. The summed E-state index contributed by atoms with van der Waals surface area (Å²) in [5.74, 6) is -2.46. The molecule has 0 aliphatic carbocycles. The second-order valence-electron chi connectivity index (χ2n) is 21.8. The van der Waals surface area contributed by atoms with E-state index >= 15 is 0 Å². The third kappa shape index (κ3) is 15.5. The number of ether oxygens (including phenoxy) is 13. The number of aliphatic hydroxyl groups excluding tert-OH is 19. The summed E-state index contributed by atoms with van der Waals surface area (Å²) in [5.41, 5.74) is 0. The zero-order chi connectivity index (χ0) is 63.5. The molecule has 7 aliphatic heterocycles. The predicted molar refractivity (Wildman–Crippen MR) is 265 cm³/mol. The van der Waals surface area contributed by atoms with Gasteiger partial charge in [0.25, 0.3) is 0 Å². The number of aliphatic hydroxyl groups is 19. The molecule has 0 aromatic rings. The van der Waals surface area contributed by atoms with Crippen LogP contribution in [-0.2, 0) is 76.0 Å². The van der Waals surface area contributed by atoms with Crippen molar-refractivity contribution in [3.05, 3.63) is 0 Å². The van der Waals surface area contributed by atoms with Gasteiger partial charge in [0.1, 0.15) is 165 Å². The number of hydrogen-bond acceptors (Lipinski definition) is 35. The van der Waals surface area contributed by atoms with E-state index in [1.165, 1.54) is 6.92 Å². The van der Waals surface area contributed by atoms with Crippen LogP contribution in [0.25, 0.3) is 0 Å². The molecule has 38 nitrogen and oxygen atoms in total. The maximum atomic E-state index is 12.9. The molecule has 0 spiro atoms. The van der Waals surface area contributed by atoms with Crippen molar-refractivity contribution in [2.45, 2.75) is 242 Å². The fourth-order valence-corrected chi connectivity index (χ4v) is 10.9. The molecule has 7 rings (SSSR count). The van der Waals surface area contributed by atoms with Crippen LogP contribution in [0.1, 0.15) is 27.7 Å². The van der Waals surface area contributed by atoms with Gasteiger partial charge in [-0.05, 0) is 6.92 Å². The van der Waals surface area contributed by atoms with Gasteiger partial charge in [0.2, 0.25) is 17.7 Å². The van der Waals surface area contributed by atoms with Crippen LogP contribution in [0.15, 0.2) is 0 Å². The molecule has 3 amide bonds. The lowest BCUT2D eigenvalue weighted by Crippen LogP contribution is -2.70. The fraction of sp³-hybridized carbons (Fsp3) is 0.938. The first-order valence-electron chi connectivity index (χ1n) is 27.5. The molecule has 0 radical (unpaired) electrons. The highest BCUT2D eigenvalue weighted by atomic mass is 16.8. The number of carbonyl (C=O) groups is 3. The molecule has 7 saturated heterocycles. The second-order valence-corrected chi connectivity index (χ2v) is 21.8. The molecule has 0 aromatic heterocycles. The van der Waals surface area contributed by atoms with Gasteiger partial charge in [-0.25, -0.2) is 0 Å². The van der Waals surface area contributed by atoms with E-state index in [0.717, 1.165) is 20.8 Å². The highest BCUT2D eigenvalue weighted by molar-refractivity contribution is 5.74. The summed E-state index contributed by atoms with van der Waals surface area (Å²) in [5, 5.41) is 214. The van der Waals surface area contributed by atoms with Crippen molar-refractivity contribution >= 4 is 17.7 Å². The molecule has 86 heavy (non-hydrogen) atoms. The molecule has 0 unspecified atom stereocenters. The zero-order valence-corrected chi connectivity index (χ0v) is 46.5. The monoisotopic (exact) mass is 1260 g/mol.